The van der Waals surface area contributed by atoms with Crippen molar-refractivity contribution in [2.75, 3.05) is 39.7 Å². The first-order chi connectivity index (χ1) is 25.7. The summed E-state index contributed by atoms with van der Waals surface area (Å²) in [7, 11) is 2.85. The van der Waals surface area contributed by atoms with Crippen LogP contribution in [0, 0.1) is 23.2 Å². The highest BCUT2D eigenvalue weighted by Crippen LogP contribution is 2.52. The quantitative estimate of drug-likeness (QED) is 0.101. The minimum atomic E-state index is -1.28. The first-order valence-corrected chi connectivity index (χ1v) is 19.9. The summed E-state index contributed by atoms with van der Waals surface area (Å²) in [6.07, 6.45) is 3.40. The Morgan fingerprint density at radius 2 is 1.83 bits per heavy atom. The van der Waals surface area contributed by atoms with Gasteiger partial charge in [0.2, 0.25) is 11.8 Å². The summed E-state index contributed by atoms with van der Waals surface area (Å²) < 4.78 is 28.4. The largest absolute Gasteiger partial charge is 0.490 e. The molecule has 8 atom stereocenters. The van der Waals surface area contributed by atoms with E-state index in [2.05, 4.69) is 17.2 Å². The van der Waals surface area contributed by atoms with Gasteiger partial charge in [-0.2, -0.15) is 0 Å². The summed E-state index contributed by atoms with van der Waals surface area (Å²) in [5.74, 6) is 0.995. The zero-order valence-electron chi connectivity index (χ0n) is 31.8. The van der Waals surface area contributed by atoms with Gasteiger partial charge in [0.05, 0.1) is 25.8 Å². The average molecular weight is 787 g/mol. The number of rotatable bonds is 15. The minimum absolute atomic E-state index is 0.0222. The molecule has 0 spiro atoms. The summed E-state index contributed by atoms with van der Waals surface area (Å²) in [5.41, 5.74) is -1.54. The van der Waals surface area contributed by atoms with Crippen LogP contribution < -0.4 is 20.1 Å². The third-order valence-electron chi connectivity index (χ3n) is 10.8. The molecule has 1 aromatic heterocycles. The molecule has 1 aromatic carbocycles. The van der Waals surface area contributed by atoms with Crippen molar-refractivity contribution in [2.45, 2.75) is 94.7 Å². The van der Waals surface area contributed by atoms with Gasteiger partial charge in [-0.25, -0.2) is 14.6 Å². The van der Waals surface area contributed by atoms with Crippen LogP contribution in [0.5, 0.6) is 11.5 Å². The number of thioether (sulfide) groups is 1. The number of nitrogens with zero attached hydrogens (tertiary/aromatic N) is 2. The lowest BCUT2D eigenvalue weighted by Crippen LogP contribution is -2.59. The number of esters is 1. The van der Waals surface area contributed by atoms with E-state index in [1.807, 2.05) is 39.8 Å². The van der Waals surface area contributed by atoms with Gasteiger partial charge in [0.1, 0.15) is 58.0 Å². The van der Waals surface area contributed by atoms with E-state index in [1.165, 1.54) is 30.2 Å². The Bertz CT molecular complexity index is 1780. The molecule has 0 bridgehead atoms. The Morgan fingerprint density at radius 3 is 2.46 bits per heavy atom. The van der Waals surface area contributed by atoms with E-state index in [1.54, 1.807) is 19.3 Å². The third-order valence-corrected chi connectivity index (χ3v) is 12.0. The number of amides is 3. The number of pyridine rings is 1. The molecule has 0 radical (unpaired) electrons. The lowest BCUT2D eigenvalue weighted by atomic mass is 9.85. The van der Waals surface area contributed by atoms with Crippen molar-refractivity contribution in [3.05, 3.63) is 35.9 Å². The summed E-state index contributed by atoms with van der Waals surface area (Å²) in [4.78, 5) is 61.2. The van der Waals surface area contributed by atoms with Gasteiger partial charge in [-0.05, 0) is 60.8 Å². The summed E-state index contributed by atoms with van der Waals surface area (Å²) in [6.45, 7) is 12.1. The minimum Gasteiger partial charge on any atom is -0.490 e. The lowest BCUT2D eigenvalue weighted by Gasteiger charge is -2.35. The van der Waals surface area contributed by atoms with Gasteiger partial charge >= 0.3 is 12.1 Å². The number of fused-ring (bicyclic) bond motifs is 2. The van der Waals surface area contributed by atoms with Crippen LogP contribution in [-0.4, -0.2) is 103 Å². The van der Waals surface area contributed by atoms with Crippen molar-refractivity contribution < 1.29 is 42.9 Å². The fourth-order valence-corrected chi connectivity index (χ4v) is 8.67. The molecule has 15 heteroatoms. The maximum Gasteiger partial charge on any atom is 0.408 e. The van der Waals surface area contributed by atoms with Crippen molar-refractivity contribution >= 4 is 58.1 Å². The number of aromatic nitrogens is 1. The van der Waals surface area contributed by atoms with Crippen LogP contribution >= 0.6 is 23.4 Å². The number of methoxy groups -OCH3 is 2. The maximum absolute atomic E-state index is 14.6. The molecule has 3 aliphatic carbocycles. The van der Waals surface area contributed by atoms with Crippen molar-refractivity contribution in [2.24, 2.45) is 23.2 Å². The zero-order valence-corrected chi connectivity index (χ0v) is 33.3. The van der Waals surface area contributed by atoms with Gasteiger partial charge in [-0.15, -0.1) is 18.3 Å². The van der Waals surface area contributed by atoms with E-state index in [0.29, 0.717) is 63.9 Å². The van der Waals surface area contributed by atoms with E-state index < -0.39 is 53.0 Å². The average Bonchev–Trinajstić information content (AvgIpc) is 3.94. The molecule has 2 aromatic rings. The van der Waals surface area contributed by atoms with E-state index in [9.17, 15) is 19.2 Å². The number of ether oxygens (including phenoxy) is 5. The second-order valence-corrected chi connectivity index (χ2v) is 17.3. The monoisotopic (exact) mass is 786 g/mol. The van der Waals surface area contributed by atoms with E-state index in [0.717, 1.165) is 18.6 Å². The highest BCUT2D eigenvalue weighted by molar-refractivity contribution is 7.99. The van der Waals surface area contributed by atoms with E-state index >= 15 is 0 Å². The molecule has 3 amide bonds. The summed E-state index contributed by atoms with van der Waals surface area (Å²) in [6, 6.07) is 3.31. The van der Waals surface area contributed by atoms with Gasteiger partial charge in [-0.3, -0.25) is 9.59 Å². The zero-order chi connectivity index (χ0) is 38.9. The van der Waals surface area contributed by atoms with Crippen molar-refractivity contribution in [1.82, 2.24) is 20.5 Å². The second-order valence-electron chi connectivity index (χ2n) is 15.7. The van der Waals surface area contributed by atoms with Crippen LogP contribution in [0.15, 0.2) is 35.9 Å². The van der Waals surface area contributed by atoms with Gasteiger partial charge in [-0.1, -0.05) is 45.4 Å². The molecular formula is C39H51ClN4O9S. The van der Waals surface area contributed by atoms with Crippen molar-refractivity contribution in [3.8, 4) is 11.5 Å². The third kappa shape index (κ3) is 8.40. The Labute approximate surface area is 325 Å². The molecular weight excluding hydrogens is 736 g/mol. The molecule has 1 saturated heterocycles. The number of carbonyl (C=O) groups is 4. The number of halogens is 1. The van der Waals surface area contributed by atoms with Crippen LogP contribution in [0.1, 0.15) is 59.8 Å². The molecule has 294 valence electrons. The number of likely N-dealkylation sites (tertiary alicyclic amines) is 1. The number of hydrogen-bond acceptors (Lipinski definition) is 11. The Hall–Kier alpha value is -3.75. The van der Waals surface area contributed by atoms with Crippen molar-refractivity contribution in [3.63, 3.8) is 0 Å². The molecule has 54 heavy (non-hydrogen) atoms. The standard InChI is InChI=1S/C39H51ClN4O9S/c1-8-23-19-39(23,36(47)50-7)43-34(45)27-17-25(20-44(27)35(46)33(38(3,4)5)42-37(48)53-24-15-21-14-22(21)16-24)52-29-18-30(54-9-2)41-32-26(29)10-11-28(31(32)40)51-13-12-49-6/h8,10-11,18,21-25,27,33H,1,9,12-17,19-20H2,2-7H3,(H,42,48)(H,43,45)/t21-,22+,23-,24?,25-,27+,33-,39-/m1/s1. The number of benzene rings is 1. The summed E-state index contributed by atoms with van der Waals surface area (Å²) in [5, 5.41) is 7.36. The highest BCUT2D eigenvalue weighted by Gasteiger charge is 2.62. The van der Waals surface area contributed by atoms with E-state index in [4.69, 9.17) is 40.3 Å². The molecule has 13 nitrogen and oxygen atoms in total. The summed E-state index contributed by atoms with van der Waals surface area (Å²) >= 11 is 8.34. The molecule has 3 saturated carbocycles. The SMILES string of the molecule is C=C[C@@H]1C[C@]1(NC(=O)[C@@H]1C[C@@H](Oc2cc(SCC)nc3c(Cl)c(OCCOC)ccc23)CN1C(=O)[C@@H](NC(=O)OC1C[C@@H]2C[C@@H]2C1)C(C)(C)C)C(=O)OC. The molecule has 4 fully saturated rings. The van der Waals surface area contributed by atoms with Crippen LogP contribution in [0.3, 0.4) is 0 Å². The number of carbonyl (C=O) groups excluding carboxylic acids is 4. The van der Waals surface area contributed by atoms with Gasteiger partial charge in [0.25, 0.3) is 0 Å². The van der Waals surface area contributed by atoms with Gasteiger partial charge in [0.15, 0.2) is 0 Å². The molecule has 2 N–H and O–H groups in total. The van der Waals surface area contributed by atoms with Gasteiger partial charge in [0, 0.05) is 30.9 Å². The van der Waals surface area contributed by atoms with E-state index in [-0.39, 0.29) is 25.0 Å². The fourth-order valence-electron chi connectivity index (χ4n) is 7.77. The number of nitrogens with one attached hydrogen (secondary N) is 2. The van der Waals surface area contributed by atoms with Crippen LogP contribution in [0.4, 0.5) is 4.79 Å². The lowest BCUT2D eigenvalue weighted by molar-refractivity contribution is -0.148. The predicted octanol–water partition coefficient (Wildman–Crippen LogP) is 5.55. The second kappa shape index (κ2) is 16.2. The fraction of sp³-hybridized carbons (Fsp3) is 0.615. The van der Waals surface area contributed by atoms with Gasteiger partial charge < -0.3 is 39.2 Å². The predicted molar refractivity (Wildman–Crippen MR) is 204 cm³/mol. The highest BCUT2D eigenvalue weighted by atomic mass is 35.5. The first kappa shape index (κ1) is 39.9. The smallest absolute Gasteiger partial charge is 0.408 e. The van der Waals surface area contributed by atoms with Crippen LogP contribution in [0.2, 0.25) is 5.02 Å². The Balaban J connectivity index is 1.29. The number of alkyl carbamates (subject to hydrolysis) is 1. The van der Waals surface area contributed by atoms with Crippen LogP contribution in [0.25, 0.3) is 10.9 Å². The molecule has 4 aliphatic rings. The Morgan fingerprint density at radius 1 is 1.09 bits per heavy atom. The van der Waals surface area contributed by atoms with Crippen LogP contribution in [-0.2, 0) is 28.6 Å². The number of hydrogen-bond donors (Lipinski definition) is 2. The molecule has 1 unspecified atom stereocenters. The normalized spacial score (nSPS) is 27.4. The Kier molecular flexibility index (Phi) is 11.9. The molecule has 6 rings (SSSR count). The topological polar surface area (TPSA) is 155 Å². The molecule has 1 aliphatic heterocycles. The molecule has 2 heterocycles. The maximum atomic E-state index is 14.6. The first-order valence-electron chi connectivity index (χ1n) is 18.6. The van der Waals surface area contributed by atoms with Crippen molar-refractivity contribution in [1.29, 1.82) is 0 Å².